The van der Waals surface area contributed by atoms with Crippen LogP contribution in [-0.4, -0.2) is 25.7 Å². The van der Waals surface area contributed by atoms with Gasteiger partial charge in [0.1, 0.15) is 0 Å². The van der Waals surface area contributed by atoms with E-state index in [9.17, 15) is 4.79 Å². The molecule has 0 saturated carbocycles. The second kappa shape index (κ2) is 10.0. The monoisotopic (exact) mass is 491 g/mol. The van der Waals surface area contributed by atoms with Crippen molar-refractivity contribution in [1.29, 1.82) is 0 Å². The van der Waals surface area contributed by atoms with Gasteiger partial charge in [-0.1, -0.05) is 57.0 Å². The Balaban J connectivity index is 1.71. The van der Waals surface area contributed by atoms with Gasteiger partial charge in [0, 0.05) is 29.0 Å². The number of benzene rings is 1. The molecule has 0 unspecified atom stereocenters. The maximum absolute atomic E-state index is 12.7. The molecular formula is C25H26BrN5O. The van der Waals surface area contributed by atoms with Crippen molar-refractivity contribution in [3.63, 3.8) is 0 Å². The summed E-state index contributed by atoms with van der Waals surface area (Å²) in [5, 5.41) is 8.48. The molecule has 6 nitrogen and oxygen atoms in total. The van der Waals surface area contributed by atoms with E-state index in [2.05, 4.69) is 40.1 Å². The Bertz CT molecular complexity index is 1210. The van der Waals surface area contributed by atoms with E-state index in [1.54, 1.807) is 24.5 Å². The Labute approximate surface area is 196 Å². The molecule has 7 heteroatoms. The number of carbonyl (C=O) groups is 1. The second-order valence-electron chi connectivity index (χ2n) is 8.21. The molecule has 0 atom stereocenters. The Morgan fingerprint density at radius 3 is 2.66 bits per heavy atom. The number of aryl methyl sites for hydroxylation is 1. The summed E-state index contributed by atoms with van der Waals surface area (Å²) in [5.41, 5.74) is 3.12. The van der Waals surface area contributed by atoms with Gasteiger partial charge < -0.3 is 5.32 Å². The summed E-state index contributed by atoms with van der Waals surface area (Å²) in [6.45, 7) is 5.22. The lowest BCUT2D eigenvalue weighted by atomic mass is 10.1. The highest BCUT2D eigenvalue weighted by Gasteiger charge is 2.18. The van der Waals surface area contributed by atoms with Crippen molar-refractivity contribution in [2.75, 3.05) is 5.32 Å². The smallest absolute Gasteiger partial charge is 0.258 e. The van der Waals surface area contributed by atoms with Gasteiger partial charge in [0.05, 0.1) is 16.6 Å². The van der Waals surface area contributed by atoms with Crippen LogP contribution in [0.3, 0.4) is 0 Å². The first-order valence-corrected chi connectivity index (χ1v) is 11.7. The van der Waals surface area contributed by atoms with Crippen LogP contribution < -0.4 is 5.32 Å². The first-order chi connectivity index (χ1) is 15.5. The van der Waals surface area contributed by atoms with Crippen LogP contribution in [0.2, 0.25) is 0 Å². The summed E-state index contributed by atoms with van der Waals surface area (Å²) in [6.07, 6.45) is 6.49. The van der Waals surface area contributed by atoms with Gasteiger partial charge >= 0.3 is 0 Å². The molecule has 4 rings (SSSR count). The number of amides is 1. The summed E-state index contributed by atoms with van der Waals surface area (Å²) in [6, 6.07) is 15.5. The minimum absolute atomic E-state index is 0.243. The number of halogens is 1. The number of hydrogen-bond acceptors (Lipinski definition) is 4. The molecule has 32 heavy (non-hydrogen) atoms. The predicted octanol–water partition coefficient (Wildman–Crippen LogP) is 6.33. The number of nitrogens with one attached hydrogen (secondary N) is 1. The molecule has 0 bridgehead atoms. The average Bonchev–Trinajstić information content (AvgIpc) is 3.13. The van der Waals surface area contributed by atoms with Crippen molar-refractivity contribution in [2.45, 2.75) is 39.7 Å². The van der Waals surface area contributed by atoms with Crippen molar-refractivity contribution < 1.29 is 4.79 Å². The lowest BCUT2D eigenvalue weighted by molar-refractivity contribution is 0.102. The summed E-state index contributed by atoms with van der Waals surface area (Å²) in [5.74, 6) is 0.940. The molecule has 1 N–H and O–H groups in total. The zero-order chi connectivity index (χ0) is 22.5. The van der Waals surface area contributed by atoms with E-state index in [0.29, 0.717) is 17.3 Å². The molecule has 0 fully saturated rings. The molecule has 0 radical (unpaired) electrons. The third kappa shape index (κ3) is 5.05. The molecule has 1 aromatic carbocycles. The lowest BCUT2D eigenvalue weighted by Gasteiger charge is -2.07. The number of hydrogen-bond donors (Lipinski definition) is 1. The van der Waals surface area contributed by atoms with Crippen LogP contribution >= 0.6 is 15.9 Å². The van der Waals surface area contributed by atoms with E-state index in [4.69, 9.17) is 10.1 Å². The topological polar surface area (TPSA) is 72.7 Å². The summed E-state index contributed by atoms with van der Waals surface area (Å²) in [4.78, 5) is 21.7. The SMILES string of the molecule is CC(C)CCCCn1nc(NC(=O)c2cccnc2)c2cc(Br)c(-c3ccccc3)nc21. The predicted molar refractivity (Wildman–Crippen MR) is 132 cm³/mol. The third-order valence-electron chi connectivity index (χ3n) is 5.28. The van der Waals surface area contributed by atoms with E-state index in [1.807, 2.05) is 41.1 Å². The van der Waals surface area contributed by atoms with E-state index in [-0.39, 0.29) is 5.91 Å². The van der Waals surface area contributed by atoms with Crippen molar-refractivity contribution >= 4 is 38.7 Å². The van der Waals surface area contributed by atoms with Crippen LogP contribution in [0.4, 0.5) is 5.82 Å². The summed E-state index contributed by atoms with van der Waals surface area (Å²) < 4.78 is 2.76. The van der Waals surface area contributed by atoms with Crippen LogP contribution in [0.5, 0.6) is 0 Å². The van der Waals surface area contributed by atoms with E-state index >= 15 is 0 Å². The molecule has 164 valence electrons. The van der Waals surface area contributed by atoms with Gasteiger partial charge in [-0.2, -0.15) is 5.10 Å². The lowest BCUT2D eigenvalue weighted by Crippen LogP contribution is -2.13. The van der Waals surface area contributed by atoms with Gasteiger partial charge in [0.15, 0.2) is 11.5 Å². The molecule has 0 aliphatic carbocycles. The molecule has 0 saturated heterocycles. The molecule has 0 aliphatic heterocycles. The number of fused-ring (bicyclic) bond motifs is 1. The number of aromatic nitrogens is 4. The summed E-state index contributed by atoms with van der Waals surface area (Å²) in [7, 11) is 0. The number of pyridine rings is 2. The number of carbonyl (C=O) groups excluding carboxylic acids is 1. The number of unbranched alkanes of at least 4 members (excludes halogenated alkanes) is 1. The highest BCUT2D eigenvalue weighted by Crippen LogP contribution is 2.33. The molecule has 0 aliphatic rings. The molecule has 3 heterocycles. The van der Waals surface area contributed by atoms with E-state index < -0.39 is 0 Å². The van der Waals surface area contributed by atoms with Crippen LogP contribution in [0.25, 0.3) is 22.3 Å². The minimum atomic E-state index is -0.243. The van der Waals surface area contributed by atoms with Gasteiger partial charge in [-0.25, -0.2) is 9.67 Å². The highest BCUT2D eigenvalue weighted by molar-refractivity contribution is 9.10. The average molecular weight is 492 g/mol. The fraction of sp³-hybridized carbons (Fsp3) is 0.280. The number of anilines is 1. The largest absolute Gasteiger partial charge is 0.304 e. The Kier molecular flexibility index (Phi) is 6.95. The molecule has 3 aromatic heterocycles. The van der Waals surface area contributed by atoms with Crippen LogP contribution in [0.1, 0.15) is 43.5 Å². The zero-order valence-electron chi connectivity index (χ0n) is 18.3. The molecule has 0 spiro atoms. The van der Waals surface area contributed by atoms with Gasteiger partial charge in [-0.05, 0) is 46.5 Å². The number of rotatable bonds is 8. The van der Waals surface area contributed by atoms with Crippen LogP contribution in [0, 0.1) is 5.92 Å². The quantitative estimate of drug-likeness (QED) is 0.292. The van der Waals surface area contributed by atoms with Crippen molar-refractivity contribution in [1.82, 2.24) is 19.7 Å². The van der Waals surface area contributed by atoms with Gasteiger partial charge in [-0.3, -0.25) is 9.78 Å². The Hall–Kier alpha value is -3.06. The van der Waals surface area contributed by atoms with Crippen LogP contribution in [-0.2, 0) is 6.54 Å². The minimum Gasteiger partial charge on any atom is -0.304 e. The second-order valence-corrected chi connectivity index (χ2v) is 9.07. The zero-order valence-corrected chi connectivity index (χ0v) is 19.8. The first-order valence-electron chi connectivity index (χ1n) is 10.9. The Morgan fingerprint density at radius 2 is 1.94 bits per heavy atom. The fourth-order valence-electron chi connectivity index (χ4n) is 3.61. The molecule has 1 amide bonds. The molecule has 4 aromatic rings. The van der Waals surface area contributed by atoms with Crippen LogP contribution in [0.15, 0.2) is 65.4 Å². The van der Waals surface area contributed by atoms with Crippen molar-refractivity contribution in [3.8, 4) is 11.3 Å². The normalized spacial score (nSPS) is 11.2. The number of nitrogens with zero attached hydrogens (tertiary/aromatic N) is 4. The van der Waals surface area contributed by atoms with Gasteiger partial charge in [0.25, 0.3) is 5.91 Å². The fourth-order valence-corrected chi connectivity index (χ4v) is 4.16. The van der Waals surface area contributed by atoms with Crippen molar-refractivity contribution in [3.05, 3.63) is 71.0 Å². The highest BCUT2D eigenvalue weighted by atomic mass is 79.9. The van der Waals surface area contributed by atoms with E-state index in [0.717, 1.165) is 46.1 Å². The van der Waals surface area contributed by atoms with Crippen molar-refractivity contribution in [2.24, 2.45) is 5.92 Å². The van der Waals surface area contributed by atoms with Gasteiger partial charge in [0.2, 0.25) is 0 Å². The van der Waals surface area contributed by atoms with Gasteiger partial charge in [-0.15, -0.1) is 0 Å². The maximum atomic E-state index is 12.7. The standard InChI is InChI=1S/C25H26BrN5O/c1-17(2)9-6-7-14-31-24-20(15-21(26)22(28-24)18-10-4-3-5-11-18)23(30-31)29-25(32)19-12-8-13-27-16-19/h3-5,8,10-13,15-17H,6-7,9,14H2,1-2H3,(H,29,30,32). The summed E-state index contributed by atoms with van der Waals surface area (Å²) >= 11 is 3.67. The first kappa shape index (κ1) is 22.1. The third-order valence-corrected chi connectivity index (χ3v) is 5.88. The Morgan fingerprint density at radius 1 is 1.12 bits per heavy atom. The maximum Gasteiger partial charge on any atom is 0.258 e. The molecular weight excluding hydrogens is 466 g/mol. The van der Waals surface area contributed by atoms with E-state index in [1.165, 1.54) is 6.42 Å².